The van der Waals surface area contributed by atoms with Gasteiger partial charge in [0.2, 0.25) is 10.0 Å². The maximum Gasteiger partial charge on any atom is 0.243 e. The first-order chi connectivity index (χ1) is 9.57. The maximum atomic E-state index is 12.7. The molecule has 1 atom stereocenters. The fraction of sp³-hybridized carbons (Fsp3) is 0.600. The Bertz CT molecular complexity index is 590. The summed E-state index contributed by atoms with van der Waals surface area (Å²) >= 11 is 0. The van der Waals surface area contributed by atoms with Gasteiger partial charge in [-0.1, -0.05) is 12.8 Å². The van der Waals surface area contributed by atoms with E-state index >= 15 is 0 Å². The van der Waals surface area contributed by atoms with Gasteiger partial charge in [0.25, 0.3) is 0 Å². The molecule has 1 aromatic carbocycles. The molecule has 3 rings (SSSR count). The molecule has 0 unspecified atom stereocenters. The molecule has 0 saturated carbocycles. The van der Waals surface area contributed by atoms with Crippen molar-refractivity contribution in [1.29, 1.82) is 0 Å². The van der Waals surface area contributed by atoms with Crippen molar-refractivity contribution in [3.63, 3.8) is 0 Å². The Kier molecular flexibility index (Phi) is 3.73. The van der Waals surface area contributed by atoms with E-state index in [-0.39, 0.29) is 0 Å². The first-order valence-electron chi connectivity index (χ1n) is 7.47. The van der Waals surface area contributed by atoms with Gasteiger partial charge < -0.3 is 5.32 Å². The summed E-state index contributed by atoms with van der Waals surface area (Å²) in [4.78, 5) is 0.453. The molecular formula is C15H22N2O2S. The third-order valence-electron chi connectivity index (χ3n) is 4.21. The standard InChI is InChI=1S/C15H22N2O2S/c1-12-10-13-11-14(6-7-15(13)16-12)20(18,19)17-8-4-2-3-5-9-17/h6-7,11-12,16H,2-5,8-10H2,1H3/t12-/m1/s1. The lowest BCUT2D eigenvalue weighted by Crippen LogP contribution is -2.31. The second kappa shape index (κ2) is 5.37. The first kappa shape index (κ1) is 13.9. The second-order valence-electron chi connectivity index (χ2n) is 5.89. The zero-order valence-electron chi connectivity index (χ0n) is 11.9. The number of nitrogens with one attached hydrogen (secondary N) is 1. The molecule has 2 aliphatic rings. The van der Waals surface area contributed by atoms with Crippen molar-refractivity contribution in [2.24, 2.45) is 0 Å². The Balaban J connectivity index is 1.89. The number of benzene rings is 1. The van der Waals surface area contributed by atoms with E-state index in [2.05, 4.69) is 12.2 Å². The van der Waals surface area contributed by atoms with Crippen LogP contribution in [-0.4, -0.2) is 31.9 Å². The lowest BCUT2D eigenvalue weighted by molar-refractivity contribution is 0.423. The van der Waals surface area contributed by atoms with Crippen LogP contribution < -0.4 is 5.32 Å². The van der Waals surface area contributed by atoms with Gasteiger partial charge in [0.05, 0.1) is 4.90 Å². The monoisotopic (exact) mass is 294 g/mol. The number of fused-ring (bicyclic) bond motifs is 1. The highest BCUT2D eigenvalue weighted by atomic mass is 32.2. The Hall–Kier alpha value is -1.07. The Morgan fingerprint density at radius 2 is 1.85 bits per heavy atom. The first-order valence-corrected chi connectivity index (χ1v) is 8.91. The molecule has 1 saturated heterocycles. The summed E-state index contributed by atoms with van der Waals surface area (Å²) in [5, 5.41) is 3.36. The smallest absolute Gasteiger partial charge is 0.243 e. The molecule has 5 heteroatoms. The van der Waals surface area contributed by atoms with E-state index in [1.54, 1.807) is 10.4 Å². The molecule has 1 N–H and O–H groups in total. The summed E-state index contributed by atoms with van der Waals surface area (Å²) < 4.78 is 27.1. The van der Waals surface area contributed by atoms with Gasteiger partial charge in [-0.3, -0.25) is 0 Å². The molecule has 1 aromatic rings. The summed E-state index contributed by atoms with van der Waals surface area (Å²) in [7, 11) is -3.32. The second-order valence-corrected chi connectivity index (χ2v) is 7.82. The molecule has 0 amide bonds. The van der Waals surface area contributed by atoms with Gasteiger partial charge in [-0.05, 0) is 49.9 Å². The lowest BCUT2D eigenvalue weighted by Gasteiger charge is -2.20. The fourth-order valence-corrected chi connectivity index (χ4v) is 4.69. The Morgan fingerprint density at radius 1 is 1.15 bits per heavy atom. The van der Waals surface area contributed by atoms with Gasteiger partial charge in [0.1, 0.15) is 0 Å². The summed E-state index contributed by atoms with van der Waals surface area (Å²) in [6, 6.07) is 5.89. The average Bonchev–Trinajstić information content (AvgIpc) is 2.63. The van der Waals surface area contributed by atoms with Crippen LogP contribution in [0.5, 0.6) is 0 Å². The van der Waals surface area contributed by atoms with Crippen LogP contribution >= 0.6 is 0 Å². The van der Waals surface area contributed by atoms with Crippen LogP contribution in [0.1, 0.15) is 38.2 Å². The third kappa shape index (κ3) is 2.56. The summed E-state index contributed by atoms with van der Waals surface area (Å²) in [6.07, 6.45) is 5.12. The van der Waals surface area contributed by atoms with Crippen molar-refractivity contribution in [2.75, 3.05) is 18.4 Å². The molecule has 0 aliphatic carbocycles. The number of sulfonamides is 1. The molecule has 0 spiro atoms. The van der Waals surface area contributed by atoms with Crippen molar-refractivity contribution < 1.29 is 8.42 Å². The van der Waals surface area contributed by atoms with Crippen LogP contribution in [0.15, 0.2) is 23.1 Å². The van der Waals surface area contributed by atoms with E-state index in [1.807, 2.05) is 12.1 Å². The molecule has 0 aromatic heterocycles. The van der Waals surface area contributed by atoms with Crippen molar-refractivity contribution in [3.8, 4) is 0 Å². The highest BCUT2D eigenvalue weighted by Crippen LogP contribution is 2.29. The third-order valence-corrected chi connectivity index (χ3v) is 6.10. The van der Waals surface area contributed by atoms with Crippen LogP contribution in [0.3, 0.4) is 0 Å². The van der Waals surface area contributed by atoms with Gasteiger partial charge in [-0.25, -0.2) is 8.42 Å². The maximum absolute atomic E-state index is 12.7. The number of hydrogen-bond acceptors (Lipinski definition) is 3. The van der Waals surface area contributed by atoms with E-state index in [1.165, 1.54) is 0 Å². The van der Waals surface area contributed by atoms with Crippen molar-refractivity contribution in [2.45, 2.75) is 50.0 Å². The minimum atomic E-state index is -3.32. The quantitative estimate of drug-likeness (QED) is 0.912. The van der Waals surface area contributed by atoms with Crippen LogP contribution in [0.2, 0.25) is 0 Å². The van der Waals surface area contributed by atoms with E-state index < -0.39 is 10.0 Å². The lowest BCUT2D eigenvalue weighted by atomic mass is 10.1. The predicted molar refractivity (Wildman–Crippen MR) is 80.5 cm³/mol. The highest BCUT2D eigenvalue weighted by Gasteiger charge is 2.27. The summed E-state index contributed by atoms with van der Waals surface area (Å²) in [5.41, 5.74) is 2.20. The van der Waals surface area contributed by atoms with Gasteiger partial charge in [0.15, 0.2) is 0 Å². The van der Waals surface area contributed by atoms with Crippen LogP contribution in [0.4, 0.5) is 5.69 Å². The van der Waals surface area contributed by atoms with Crippen LogP contribution in [0, 0.1) is 0 Å². The molecule has 2 heterocycles. The number of rotatable bonds is 2. The molecule has 4 nitrogen and oxygen atoms in total. The minimum absolute atomic E-state index is 0.390. The van der Waals surface area contributed by atoms with Crippen molar-refractivity contribution >= 4 is 15.7 Å². The molecule has 110 valence electrons. The predicted octanol–water partition coefficient (Wildman–Crippen LogP) is 2.61. The topological polar surface area (TPSA) is 49.4 Å². The summed E-state index contributed by atoms with van der Waals surface area (Å²) in [5.74, 6) is 0. The van der Waals surface area contributed by atoms with Gasteiger partial charge in [-0.15, -0.1) is 0 Å². The summed E-state index contributed by atoms with van der Waals surface area (Å²) in [6.45, 7) is 3.44. The molecule has 0 bridgehead atoms. The van der Waals surface area contributed by atoms with Crippen LogP contribution in [0.25, 0.3) is 0 Å². The number of anilines is 1. The SMILES string of the molecule is C[C@@H]1Cc2cc(S(=O)(=O)N3CCCCCC3)ccc2N1. The zero-order valence-corrected chi connectivity index (χ0v) is 12.7. The van der Waals surface area contributed by atoms with Gasteiger partial charge >= 0.3 is 0 Å². The van der Waals surface area contributed by atoms with E-state index in [0.29, 0.717) is 24.0 Å². The number of hydrogen-bond donors (Lipinski definition) is 1. The van der Waals surface area contributed by atoms with E-state index in [9.17, 15) is 8.42 Å². The van der Waals surface area contributed by atoms with Crippen molar-refractivity contribution in [1.82, 2.24) is 4.31 Å². The highest BCUT2D eigenvalue weighted by molar-refractivity contribution is 7.89. The average molecular weight is 294 g/mol. The van der Waals surface area contributed by atoms with E-state index in [0.717, 1.165) is 43.4 Å². The fourth-order valence-electron chi connectivity index (χ4n) is 3.12. The Morgan fingerprint density at radius 3 is 2.55 bits per heavy atom. The number of nitrogens with zero attached hydrogens (tertiary/aromatic N) is 1. The minimum Gasteiger partial charge on any atom is -0.382 e. The molecular weight excluding hydrogens is 272 g/mol. The van der Waals surface area contributed by atoms with Crippen LogP contribution in [-0.2, 0) is 16.4 Å². The normalized spacial score (nSPS) is 23.9. The van der Waals surface area contributed by atoms with Gasteiger partial charge in [-0.2, -0.15) is 4.31 Å². The molecule has 2 aliphatic heterocycles. The van der Waals surface area contributed by atoms with Gasteiger partial charge in [0, 0.05) is 24.8 Å². The van der Waals surface area contributed by atoms with Crippen molar-refractivity contribution in [3.05, 3.63) is 23.8 Å². The molecule has 1 fully saturated rings. The Labute approximate surface area is 121 Å². The molecule has 20 heavy (non-hydrogen) atoms. The molecule has 0 radical (unpaired) electrons. The zero-order chi connectivity index (χ0) is 14.2. The largest absolute Gasteiger partial charge is 0.382 e. The van der Waals surface area contributed by atoms with E-state index in [4.69, 9.17) is 0 Å².